The molecule has 0 amide bonds. The number of ether oxygens (including phenoxy) is 2. The van der Waals surface area contributed by atoms with Crippen molar-refractivity contribution < 1.29 is 32.5 Å². The highest BCUT2D eigenvalue weighted by Crippen LogP contribution is 2.33. The summed E-state index contributed by atoms with van der Waals surface area (Å²) in [5, 5.41) is 10.5. The van der Waals surface area contributed by atoms with E-state index in [1.807, 2.05) is 18.2 Å². The summed E-state index contributed by atoms with van der Waals surface area (Å²) < 4.78 is 43.4. The number of carboxylic acids is 1. The molecule has 2 aliphatic heterocycles. The SMILES string of the molecule is O=C(O)C(F)(F)F.c1ccc(O[C@H]2CO[C@@]3(CCNC3)C2)nc1. The third kappa shape index (κ3) is 5.07. The van der Waals surface area contributed by atoms with E-state index in [-0.39, 0.29) is 11.7 Å². The average Bonchev–Trinajstić information content (AvgIpc) is 3.10. The summed E-state index contributed by atoms with van der Waals surface area (Å²) in [4.78, 5) is 13.1. The lowest BCUT2D eigenvalue weighted by atomic mass is 9.98. The molecule has 0 aromatic carbocycles. The number of alkyl halides is 3. The van der Waals surface area contributed by atoms with Crippen molar-refractivity contribution in [2.24, 2.45) is 0 Å². The van der Waals surface area contributed by atoms with Gasteiger partial charge in [-0.2, -0.15) is 13.2 Å². The van der Waals surface area contributed by atoms with Crippen LogP contribution >= 0.6 is 0 Å². The Labute approximate surface area is 130 Å². The zero-order valence-electron chi connectivity index (χ0n) is 12.2. The molecule has 9 heteroatoms. The molecular weight excluding hydrogens is 317 g/mol. The predicted molar refractivity (Wildman–Crippen MR) is 73.1 cm³/mol. The number of pyridine rings is 1. The third-order valence-corrected chi connectivity index (χ3v) is 3.55. The van der Waals surface area contributed by atoms with Crippen LogP contribution in [-0.4, -0.2) is 53.6 Å². The minimum absolute atomic E-state index is 0.0272. The molecule has 0 aliphatic carbocycles. The van der Waals surface area contributed by atoms with Crippen molar-refractivity contribution in [1.29, 1.82) is 0 Å². The van der Waals surface area contributed by atoms with Crippen LogP contribution in [0.1, 0.15) is 12.8 Å². The normalized spacial score (nSPS) is 26.7. The Balaban J connectivity index is 0.000000236. The molecule has 1 aromatic heterocycles. The summed E-state index contributed by atoms with van der Waals surface area (Å²) in [6.45, 7) is 2.68. The van der Waals surface area contributed by atoms with E-state index in [9.17, 15) is 13.2 Å². The Bertz CT molecular complexity index is 519. The maximum Gasteiger partial charge on any atom is 0.490 e. The topological polar surface area (TPSA) is 80.7 Å². The fourth-order valence-electron chi connectivity index (χ4n) is 2.48. The molecule has 0 unspecified atom stereocenters. The number of nitrogens with one attached hydrogen (secondary N) is 1. The van der Waals surface area contributed by atoms with E-state index in [0.717, 1.165) is 25.9 Å². The third-order valence-electron chi connectivity index (χ3n) is 3.55. The van der Waals surface area contributed by atoms with Gasteiger partial charge in [-0.1, -0.05) is 6.07 Å². The number of aliphatic carboxylic acids is 1. The van der Waals surface area contributed by atoms with Gasteiger partial charge >= 0.3 is 12.1 Å². The summed E-state index contributed by atoms with van der Waals surface area (Å²) in [7, 11) is 0. The maximum atomic E-state index is 10.6. The second kappa shape index (κ2) is 7.14. The molecule has 2 aliphatic rings. The van der Waals surface area contributed by atoms with E-state index in [0.29, 0.717) is 12.5 Å². The number of carbonyl (C=O) groups is 1. The molecular formula is C14H17F3N2O4. The Morgan fingerprint density at radius 2 is 2.22 bits per heavy atom. The van der Waals surface area contributed by atoms with Gasteiger partial charge in [0, 0.05) is 25.2 Å². The van der Waals surface area contributed by atoms with E-state index in [2.05, 4.69) is 10.3 Å². The van der Waals surface area contributed by atoms with E-state index in [1.54, 1.807) is 6.20 Å². The van der Waals surface area contributed by atoms with Gasteiger partial charge in [0.15, 0.2) is 0 Å². The Morgan fingerprint density at radius 1 is 1.48 bits per heavy atom. The molecule has 3 rings (SSSR count). The Hall–Kier alpha value is -1.87. The van der Waals surface area contributed by atoms with Gasteiger partial charge in [-0.3, -0.25) is 0 Å². The molecule has 1 spiro atoms. The van der Waals surface area contributed by atoms with Crippen molar-refractivity contribution in [3.63, 3.8) is 0 Å². The molecule has 0 saturated carbocycles. The monoisotopic (exact) mass is 334 g/mol. The van der Waals surface area contributed by atoms with Gasteiger partial charge in [-0.25, -0.2) is 9.78 Å². The second-order valence-electron chi connectivity index (χ2n) is 5.34. The number of rotatable bonds is 2. The standard InChI is InChI=1S/C12H16N2O2.C2HF3O2/c1-2-5-14-11(3-1)16-10-7-12(15-8-10)4-6-13-9-12;3-2(4,5)1(6)7/h1-3,5,10,13H,4,6-9H2;(H,6,7)/t10-,12+;/m1./s1. The lowest BCUT2D eigenvalue weighted by Crippen LogP contribution is -2.31. The van der Waals surface area contributed by atoms with Crippen molar-refractivity contribution in [3.8, 4) is 5.88 Å². The van der Waals surface area contributed by atoms with Crippen LogP contribution in [0.2, 0.25) is 0 Å². The first-order valence-corrected chi connectivity index (χ1v) is 7.03. The molecule has 2 fully saturated rings. The highest BCUT2D eigenvalue weighted by Gasteiger charge is 2.43. The second-order valence-corrected chi connectivity index (χ2v) is 5.34. The molecule has 2 saturated heterocycles. The number of hydrogen-bond acceptors (Lipinski definition) is 5. The lowest BCUT2D eigenvalue weighted by Gasteiger charge is -2.20. The predicted octanol–water partition coefficient (Wildman–Crippen LogP) is 1.61. The summed E-state index contributed by atoms with van der Waals surface area (Å²) in [5.41, 5.74) is 0.0272. The molecule has 2 N–H and O–H groups in total. The van der Waals surface area contributed by atoms with Crippen molar-refractivity contribution in [1.82, 2.24) is 10.3 Å². The number of nitrogens with zero attached hydrogens (tertiary/aromatic N) is 1. The van der Waals surface area contributed by atoms with Gasteiger partial charge in [0.2, 0.25) is 5.88 Å². The first-order chi connectivity index (χ1) is 10.8. The zero-order chi connectivity index (χ0) is 16.9. The maximum absolute atomic E-state index is 10.6. The Morgan fingerprint density at radius 3 is 2.74 bits per heavy atom. The smallest absolute Gasteiger partial charge is 0.475 e. The lowest BCUT2D eigenvalue weighted by molar-refractivity contribution is -0.192. The van der Waals surface area contributed by atoms with E-state index < -0.39 is 12.1 Å². The average molecular weight is 334 g/mol. The van der Waals surface area contributed by atoms with Gasteiger partial charge in [0.05, 0.1) is 12.2 Å². The van der Waals surface area contributed by atoms with Crippen LogP contribution in [0.4, 0.5) is 13.2 Å². The minimum Gasteiger partial charge on any atom is -0.475 e. The van der Waals surface area contributed by atoms with Crippen LogP contribution in [-0.2, 0) is 9.53 Å². The van der Waals surface area contributed by atoms with Gasteiger partial charge in [0.25, 0.3) is 0 Å². The summed E-state index contributed by atoms with van der Waals surface area (Å²) in [5.74, 6) is -2.06. The van der Waals surface area contributed by atoms with Crippen molar-refractivity contribution in [2.45, 2.75) is 30.7 Å². The minimum atomic E-state index is -5.08. The molecule has 128 valence electrons. The van der Waals surface area contributed by atoms with Crippen LogP contribution < -0.4 is 10.1 Å². The van der Waals surface area contributed by atoms with Gasteiger partial charge in [-0.15, -0.1) is 0 Å². The van der Waals surface area contributed by atoms with E-state index >= 15 is 0 Å². The number of carboxylic acid groups (broad SMARTS) is 1. The van der Waals surface area contributed by atoms with Crippen LogP contribution in [0.15, 0.2) is 24.4 Å². The summed E-state index contributed by atoms with van der Waals surface area (Å²) >= 11 is 0. The summed E-state index contributed by atoms with van der Waals surface area (Å²) in [6, 6.07) is 5.71. The Kier molecular flexibility index (Phi) is 5.42. The van der Waals surface area contributed by atoms with Crippen molar-refractivity contribution in [3.05, 3.63) is 24.4 Å². The first-order valence-electron chi connectivity index (χ1n) is 7.03. The van der Waals surface area contributed by atoms with Gasteiger partial charge in [-0.05, 0) is 19.0 Å². The number of halogens is 3. The van der Waals surface area contributed by atoms with Crippen molar-refractivity contribution in [2.75, 3.05) is 19.7 Å². The van der Waals surface area contributed by atoms with Gasteiger partial charge in [0.1, 0.15) is 6.10 Å². The quantitative estimate of drug-likeness (QED) is 0.855. The fourth-order valence-corrected chi connectivity index (χ4v) is 2.48. The molecule has 23 heavy (non-hydrogen) atoms. The summed E-state index contributed by atoms with van der Waals surface area (Å²) in [6.07, 6.45) is -1.13. The van der Waals surface area contributed by atoms with Crippen LogP contribution in [0, 0.1) is 0 Å². The van der Waals surface area contributed by atoms with E-state index in [1.165, 1.54) is 0 Å². The van der Waals surface area contributed by atoms with Crippen molar-refractivity contribution >= 4 is 5.97 Å². The van der Waals surface area contributed by atoms with Crippen LogP contribution in [0.5, 0.6) is 5.88 Å². The van der Waals surface area contributed by atoms with Crippen LogP contribution in [0.25, 0.3) is 0 Å². The number of hydrogen-bond donors (Lipinski definition) is 2. The first kappa shape index (κ1) is 17.5. The highest BCUT2D eigenvalue weighted by atomic mass is 19.4. The highest BCUT2D eigenvalue weighted by molar-refractivity contribution is 5.73. The largest absolute Gasteiger partial charge is 0.490 e. The molecule has 2 atom stereocenters. The molecule has 1 aromatic rings. The molecule has 0 bridgehead atoms. The molecule has 6 nitrogen and oxygen atoms in total. The molecule has 0 radical (unpaired) electrons. The fraction of sp³-hybridized carbons (Fsp3) is 0.571. The molecule has 3 heterocycles. The number of aromatic nitrogens is 1. The zero-order valence-corrected chi connectivity index (χ0v) is 12.2. The van der Waals surface area contributed by atoms with Gasteiger partial charge < -0.3 is 19.9 Å². The van der Waals surface area contributed by atoms with Crippen LogP contribution in [0.3, 0.4) is 0 Å². The van der Waals surface area contributed by atoms with E-state index in [4.69, 9.17) is 19.4 Å².